The number of rotatable bonds is 4. The average Bonchev–Trinajstić information content (AvgIpc) is 2.97. The van der Waals surface area contributed by atoms with Crippen molar-refractivity contribution in [1.82, 2.24) is 0 Å². The van der Waals surface area contributed by atoms with E-state index >= 15 is 0 Å². The summed E-state index contributed by atoms with van der Waals surface area (Å²) in [5.41, 5.74) is -0.183. The van der Waals surface area contributed by atoms with Gasteiger partial charge in [0.2, 0.25) is 0 Å². The highest BCUT2D eigenvalue weighted by molar-refractivity contribution is 5.97. The maximum absolute atomic E-state index is 13.4. The molecule has 21 heavy (non-hydrogen) atoms. The molecule has 1 aromatic heterocycles. The van der Waals surface area contributed by atoms with Gasteiger partial charge in [-0.05, 0) is 25.1 Å². The molecule has 1 atom stereocenters. The van der Waals surface area contributed by atoms with Crippen molar-refractivity contribution in [2.24, 2.45) is 0 Å². The average molecular weight is 295 g/mol. The molecule has 110 valence electrons. The highest BCUT2D eigenvalue weighted by Gasteiger charge is 2.20. The molecule has 2 aromatic rings. The molecule has 0 radical (unpaired) electrons. The van der Waals surface area contributed by atoms with Crippen molar-refractivity contribution in [3.8, 4) is 0 Å². The van der Waals surface area contributed by atoms with E-state index in [2.05, 4.69) is 5.32 Å². The first-order valence-corrected chi connectivity index (χ1v) is 5.96. The van der Waals surface area contributed by atoms with Crippen LogP contribution in [0.3, 0.4) is 0 Å². The molecule has 1 heterocycles. The van der Waals surface area contributed by atoms with E-state index in [4.69, 9.17) is 9.15 Å². The fourth-order valence-electron chi connectivity index (χ4n) is 1.49. The van der Waals surface area contributed by atoms with Crippen molar-refractivity contribution < 1.29 is 27.5 Å². The van der Waals surface area contributed by atoms with Crippen LogP contribution in [0.5, 0.6) is 0 Å². The molecule has 1 unspecified atom stereocenters. The molecule has 0 aliphatic rings. The number of ether oxygens (including phenoxy) is 1. The summed E-state index contributed by atoms with van der Waals surface area (Å²) in [5.74, 6) is -3.03. The molecule has 0 bridgehead atoms. The summed E-state index contributed by atoms with van der Waals surface area (Å²) < 4.78 is 35.9. The maximum atomic E-state index is 13.4. The Morgan fingerprint density at radius 2 is 2.05 bits per heavy atom. The number of hydrogen-bond donors (Lipinski definition) is 1. The number of anilines is 1. The summed E-state index contributed by atoms with van der Waals surface area (Å²) in [6.07, 6.45) is 1.26. The summed E-state index contributed by atoms with van der Waals surface area (Å²) >= 11 is 0. The topological polar surface area (TPSA) is 68.5 Å². The molecule has 5 nitrogen and oxygen atoms in total. The molecule has 7 heteroatoms. The van der Waals surface area contributed by atoms with Crippen LogP contribution < -0.4 is 5.32 Å². The molecule has 0 fully saturated rings. The van der Waals surface area contributed by atoms with Crippen molar-refractivity contribution in [2.45, 2.75) is 13.0 Å². The van der Waals surface area contributed by atoms with Crippen LogP contribution in [0.15, 0.2) is 41.2 Å². The number of benzene rings is 1. The summed E-state index contributed by atoms with van der Waals surface area (Å²) in [4.78, 5) is 23.4. The molecule has 0 aliphatic carbocycles. The van der Waals surface area contributed by atoms with E-state index in [0.717, 1.165) is 18.2 Å². The van der Waals surface area contributed by atoms with Gasteiger partial charge >= 0.3 is 5.97 Å². The van der Waals surface area contributed by atoms with Gasteiger partial charge < -0.3 is 14.5 Å². The van der Waals surface area contributed by atoms with Crippen molar-refractivity contribution in [2.75, 3.05) is 5.32 Å². The Hall–Kier alpha value is -2.70. The first-order valence-electron chi connectivity index (χ1n) is 5.96. The number of esters is 1. The number of hydrogen-bond acceptors (Lipinski definition) is 4. The second kappa shape index (κ2) is 6.17. The zero-order valence-electron chi connectivity index (χ0n) is 10.9. The molecule has 2 rings (SSSR count). The summed E-state index contributed by atoms with van der Waals surface area (Å²) in [7, 11) is 0. The van der Waals surface area contributed by atoms with Gasteiger partial charge in [-0.15, -0.1) is 0 Å². The van der Waals surface area contributed by atoms with E-state index in [0.29, 0.717) is 0 Å². The fourth-order valence-corrected chi connectivity index (χ4v) is 1.49. The quantitative estimate of drug-likeness (QED) is 0.881. The first-order chi connectivity index (χ1) is 9.97. The number of carbonyl (C=O) groups is 2. The van der Waals surface area contributed by atoms with Gasteiger partial charge in [-0.25, -0.2) is 13.6 Å². The molecule has 0 aliphatic heterocycles. The molecule has 0 saturated carbocycles. The SMILES string of the molecule is CC(OC(=O)c1ccoc1)C(=O)Nc1cc(F)ccc1F. The maximum Gasteiger partial charge on any atom is 0.342 e. The van der Waals surface area contributed by atoms with Crippen LogP contribution in [0.1, 0.15) is 17.3 Å². The van der Waals surface area contributed by atoms with Gasteiger partial charge in [-0.1, -0.05) is 0 Å². The molecule has 0 spiro atoms. The van der Waals surface area contributed by atoms with E-state index < -0.39 is 29.6 Å². The smallest absolute Gasteiger partial charge is 0.342 e. The lowest BCUT2D eigenvalue weighted by Crippen LogP contribution is -2.30. The Labute approximate surface area is 118 Å². The van der Waals surface area contributed by atoms with Crippen molar-refractivity contribution in [3.63, 3.8) is 0 Å². The monoisotopic (exact) mass is 295 g/mol. The van der Waals surface area contributed by atoms with Gasteiger partial charge in [0, 0.05) is 6.07 Å². The van der Waals surface area contributed by atoms with Gasteiger partial charge in [0.15, 0.2) is 6.10 Å². The van der Waals surface area contributed by atoms with Gasteiger partial charge in [-0.3, -0.25) is 4.79 Å². The second-order valence-electron chi connectivity index (χ2n) is 4.17. The van der Waals surface area contributed by atoms with Crippen LogP contribution in [0.4, 0.5) is 14.5 Å². The summed E-state index contributed by atoms with van der Waals surface area (Å²) in [6.45, 7) is 1.31. The van der Waals surface area contributed by atoms with Gasteiger partial charge in [0.05, 0.1) is 17.5 Å². The van der Waals surface area contributed by atoms with Crippen LogP contribution in [0, 0.1) is 11.6 Å². The summed E-state index contributed by atoms with van der Waals surface area (Å²) in [6, 6.07) is 4.01. The van der Waals surface area contributed by atoms with Gasteiger partial charge in [0.25, 0.3) is 5.91 Å². The summed E-state index contributed by atoms with van der Waals surface area (Å²) in [5, 5.41) is 2.15. The predicted molar refractivity (Wildman–Crippen MR) is 68.6 cm³/mol. The van der Waals surface area contributed by atoms with Crippen LogP contribution >= 0.6 is 0 Å². The third kappa shape index (κ3) is 3.65. The molecule has 0 saturated heterocycles. The fraction of sp³-hybridized carbons (Fsp3) is 0.143. The molecular formula is C14H11F2NO4. The lowest BCUT2D eigenvalue weighted by molar-refractivity contribution is -0.123. The second-order valence-corrected chi connectivity index (χ2v) is 4.17. The van der Waals surface area contributed by atoms with E-state index in [9.17, 15) is 18.4 Å². The van der Waals surface area contributed by atoms with Crippen LogP contribution in [0.25, 0.3) is 0 Å². The van der Waals surface area contributed by atoms with Crippen LogP contribution in [-0.2, 0) is 9.53 Å². The first kappa shape index (κ1) is 14.7. The Morgan fingerprint density at radius 1 is 1.29 bits per heavy atom. The lowest BCUT2D eigenvalue weighted by atomic mass is 10.2. The van der Waals surface area contributed by atoms with Gasteiger partial charge in [-0.2, -0.15) is 0 Å². The molecule has 1 aromatic carbocycles. The van der Waals surface area contributed by atoms with Crippen molar-refractivity contribution in [1.29, 1.82) is 0 Å². The molecule has 1 N–H and O–H groups in total. The number of amides is 1. The Morgan fingerprint density at radius 3 is 2.71 bits per heavy atom. The van der Waals surface area contributed by atoms with E-state index in [1.54, 1.807) is 0 Å². The normalized spacial score (nSPS) is 11.8. The number of furan rings is 1. The van der Waals surface area contributed by atoms with E-state index in [1.807, 2.05) is 0 Å². The minimum atomic E-state index is -1.19. The predicted octanol–water partition coefficient (Wildman–Crippen LogP) is 2.74. The van der Waals surface area contributed by atoms with Crippen LogP contribution in [0.2, 0.25) is 0 Å². The minimum absolute atomic E-state index is 0.145. The van der Waals surface area contributed by atoms with Crippen LogP contribution in [-0.4, -0.2) is 18.0 Å². The molecule has 1 amide bonds. The van der Waals surface area contributed by atoms with E-state index in [-0.39, 0.29) is 11.3 Å². The van der Waals surface area contributed by atoms with Crippen molar-refractivity contribution >= 4 is 17.6 Å². The lowest BCUT2D eigenvalue weighted by Gasteiger charge is -2.13. The zero-order valence-corrected chi connectivity index (χ0v) is 10.9. The minimum Gasteiger partial charge on any atom is -0.472 e. The Kier molecular flexibility index (Phi) is 4.32. The highest BCUT2D eigenvalue weighted by atomic mass is 19.1. The standard InChI is InChI=1S/C14H11F2NO4/c1-8(21-14(19)9-4-5-20-7-9)13(18)17-12-6-10(15)2-3-11(12)16/h2-8H,1H3,(H,17,18). The third-order valence-corrected chi connectivity index (χ3v) is 2.60. The number of halogens is 2. The molecular weight excluding hydrogens is 284 g/mol. The van der Waals surface area contributed by atoms with Crippen molar-refractivity contribution in [3.05, 3.63) is 54.0 Å². The number of carbonyl (C=O) groups excluding carboxylic acids is 2. The zero-order chi connectivity index (χ0) is 15.4. The largest absolute Gasteiger partial charge is 0.472 e. The highest BCUT2D eigenvalue weighted by Crippen LogP contribution is 2.16. The van der Waals surface area contributed by atoms with Gasteiger partial charge in [0.1, 0.15) is 17.9 Å². The van der Waals surface area contributed by atoms with E-state index in [1.165, 1.54) is 25.5 Å². The number of nitrogens with one attached hydrogen (secondary N) is 1. The Bertz CT molecular complexity index is 655. The third-order valence-electron chi connectivity index (χ3n) is 2.60. The Balaban J connectivity index is 1.99.